The minimum atomic E-state index is 0.434. The number of ether oxygens (including phenoxy) is 2. The van der Waals surface area contributed by atoms with Crippen molar-refractivity contribution >= 4 is 0 Å². The van der Waals surface area contributed by atoms with Crippen molar-refractivity contribution in [2.75, 3.05) is 40.0 Å². The van der Waals surface area contributed by atoms with E-state index in [0.717, 1.165) is 32.8 Å². The van der Waals surface area contributed by atoms with Gasteiger partial charge >= 0.3 is 0 Å². The summed E-state index contributed by atoms with van der Waals surface area (Å²) in [5, 5.41) is 3.53. The summed E-state index contributed by atoms with van der Waals surface area (Å²) < 4.78 is 10.8. The predicted molar refractivity (Wildman–Crippen MR) is 75.0 cm³/mol. The molecule has 4 heteroatoms. The Hall–Kier alpha value is -0.160. The molecular formula is C14H30N2O2. The van der Waals surface area contributed by atoms with Crippen molar-refractivity contribution in [3.63, 3.8) is 0 Å². The Balaban J connectivity index is 2.20. The van der Waals surface area contributed by atoms with Crippen molar-refractivity contribution in [2.45, 2.75) is 51.8 Å². The van der Waals surface area contributed by atoms with Crippen LogP contribution in [0, 0.1) is 0 Å². The van der Waals surface area contributed by atoms with Gasteiger partial charge in [0.05, 0.1) is 12.7 Å². The van der Waals surface area contributed by atoms with Gasteiger partial charge in [0.1, 0.15) is 0 Å². The van der Waals surface area contributed by atoms with Crippen molar-refractivity contribution < 1.29 is 9.47 Å². The number of nitrogens with one attached hydrogen (secondary N) is 1. The maximum Gasteiger partial charge on any atom is 0.0700 e. The molecule has 0 amide bonds. The molecule has 4 nitrogen and oxygen atoms in total. The average molecular weight is 258 g/mol. The third-order valence-corrected chi connectivity index (χ3v) is 3.62. The van der Waals surface area contributed by atoms with E-state index in [-0.39, 0.29) is 0 Å². The lowest BCUT2D eigenvalue weighted by Gasteiger charge is -2.32. The summed E-state index contributed by atoms with van der Waals surface area (Å²) in [5.41, 5.74) is 0. The highest BCUT2D eigenvalue weighted by Gasteiger charge is 2.18. The van der Waals surface area contributed by atoms with Gasteiger partial charge in [-0.15, -0.1) is 0 Å². The molecule has 0 aromatic heterocycles. The van der Waals surface area contributed by atoms with Crippen molar-refractivity contribution in [3.8, 4) is 0 Å². The SMILES string of the molecule is COCCN(C(C)C)C(C)CNCC1CCCO1. The van der Waals surface area contributed by atoms with Crippen LogP contribution in [-0.4, -0.2) is 63.0 Å². The van der Waals surface area contributed by atoms with Crippen LogP contribution in [0.25, 0.3) is 0 Å². The van der Waals surface area contributed by atoms with E-state index in [1.807, 2.05) is 0 Å². The van der Waals surface area contributed by atoms with Crippen LogP contribution in [0.3, 0.4) is 0 Å². The minimum absolute atomic E-state index is 0.434. The Kier molecular flexibility index (Phi) is 7.82. The quantitative estimate of drug-likeness (QED) is 0.679. The number of methoxy groups -OCH3 is 1. The molecule has 18 heavy (non-hydrogen) atoms. The lowest BCUT2D eigenvalue weighted by atomic mass is 10.2. The van der Waals surface area contributed by atoms with Gasteiger partial charge in [-0.3, -0.25) is 4.90 Å². The van der Waals surface area contributed by atoms with E-state index in [0.29, 0.717) is 18.2 Å². The summed E-state index contributed by atoms with van der Waals surface area (Å²) >= 11 is 0. The standard InChI is InChI=1S/C14H30N2O2/c1-12(2)16(7-9-17-4)13(3)10-15-11-14-6-5-8-18-14/h12-15H,5-11H2,1-4H3. The Bertz CT molecular complexity index is 206. The summed E-state index contributed by atoms with van der Waals surface area (Å²) in [6.07, 6.45) is 2.86. The first kappa shape index (κ1) is 15.9. The normalized spacial score (nSPS) is 22.0. The summed E-state index contributed by atoms with van der Waals surface area (Å²) in [4.78, 5) is 2.48. The number of rotatable bonds is 9. The molecule has 1 saturated heterocycles. The Morgan fingerprint density at radius 1 is 1.39 bits per heavy atom. The minimum Gasteiger partial charge on any atom is -0.383 e. The summed E-state index contributed by atoms with van der Waals surface area (Å²) in [6, 6.07) is 1.08. The van der Waals surface area contributed by atoms with Crippen LogP contribution in [0.2, 0.25) is 0 Å². The van der Waals surface area contributed by atoms with Crippen molar-refractivity contribution in [1.29, 1.82) is 0 Å². The van der Waals surface area contributed by atoms with Gasteiger partial charge in [0.25, 0.3) is 0 Å². The Morgan fingerprint density at radius 2 is 2.17 bits per heavy atom. The van der Waals surface area contributed by atoms with Crippen LogP contribution in [0.15, 0.2) is 0 Å². The van der Waals surface area contributed by atoms with Crippen molar-refractivity contribution in [2.24, 2.45) is 0 Å². The molecule has 0 aliphatic carbocycles. The van der Waals surface area contributed by atoms with Gasteiger partial charge in [-0.05, 0) is 33.6 Å². The predicted octanol–water partition coefficient (Wildman–Crippen LogP) is 1.50. The molecular weight excluding hydrogens is 228 g/mol. The molecule has 1 rings (SSSR count). The third-order valence-electron chi connectivity index (χ3n) is 3.62. The smallest absolute Gasteiger partial charge is 0.0700 e. The molecule has 0 spiro atoms. The van der Waals surface area contributed by atoms with Gasteiger partial charge in [-0.25, -0.2) is 0 Å². The van der Waals surface area contributed by atoms with Gasteiger partial charge in [-0.2, -0.15) is 0 Å². The molecule has 1 aliphatic rings. The molecule has 0 saturated carbocycles. The van der Waals surface area contributed by atoms with Crippen LogP contribution < -0.4 is 5.32 Å². The lowest BCUT2D eigenvalue weighted by Crippen LogP contribution is -2.46. The number of hydrogen-bond acceptors (Lipinski definition) is 4. The van der Waals surface area contributed by atoms with E-state index in [1.54, 1.807) is 7.11 Å². The molecule has 108 valence electrons. The zero-order chi connectivity index (χ0) is 13.4. The first-order chi connectivity index (χ1) is 8.65. The second kappa shape index (κ2) is 8.86. The van der Waals surface area contributed by atoms with Crippen LogP contribution in [-0.2, 0) is 9.47 Å². The first-order valence-corrected chi connectivity index (χ1v) is 7.22. The summed E-state index contributed by atoms with van der Waals surface area (Å²) in [5.74, 6) is 0. The zero-order valence-electron chi connectivity index (χ0n) is 12.4. The molecule has 1 N–H and O–H groups in total. The molecule has 0 aromatic rings. The molecule has 2 unspecified atom stereocenters. The molecule has 2 atom stereocenters. The number of hydrogen-bond donors (Lipinski definition) is 1. The van der Waals surface area contributed by atoms with Gasteiger partial charge in [-0.1, -0.05) is 0 Å². The van der Waals surface area contributed by atoms with E-state index in [4.69, 9.17) is 9.47 Å². The van der Waals surface area contributed by atoms with Crippen molar-refractivity contribution in [1.82, 2.24) is 10.2 Å². The highest BCUT2D eigenvalue weighted by atomic mass is 16.5. The van der Waals surface area contributed by atoms with Crippen LogP contribution in [0.5, 0.6) is 0 Å². The maximum absolute atomic E-state index is 5.61. The second-order valence-electron chi connectivity index (χ2n) is 5.47. The van der Waals surface area contributed by atoms with Crippen LogP contribution >= 0.6 is 0 Å². The Labute approximate surface area is 112 Å². The maximum atomic E-state index is 5.61. The molecule has 0 aromatic carbocycles. The van der Waals surface area contributed by atoms with Gasteiger partial charge < -0.3 is 14.8 Å². The van der Waals surface area contributed by atoms with Gasteiger partial charge in [0.15, 0.2) is 0 Å². The molecule has 1 heterocycles. The molecule has 1 aliphatic heterocycles. The summed E-state index contributed by atoms with van der Waals surface area (Å²) in [7, 11) is 1.76. The van der Waals surface area contributed by atoms with Gasteiger partial charge in [0.2, 0.25) is 0 Å². The highest BCUT2D eigenvalue weighted by molar-refractivity contribution is 4.75. The average Bonchev–Trinajstić information content (AvgIpc) is 2.82. The lowest BCUT2D eigenvalue weighted by molar-refractivity contribution is 0.0913. The second-order valence-corrected chi connectivity index (χ2v) is 5.47. The van der Waals surface area contributed by atoms with Crippen molar-refractivity contribution in [3.05, 3.63) is 0 Å². The van der Waals surface area contributed by atoms with Gasteiger partial charge in [0, 0.05) is 45.4 Å². The van der Waals surface area contributed by atoms with E-state index >= 15 is 0 Å². The van der Waals surface area contributed by atoms with Crippen LogP contribution in [0.1, 0.15) is 33.6 Å². The fourth-order valence-electron chi connectivity index (χ4n) is 2.56. The van der Waals surface area contributed by atoms with E-state index < -0.39 is 0 Å². The largest absolute Gasteiger partial charge is 0.383 e. The fraction of sp³-hybridized carbons (Fsp3) is 1.00. The molecule has 0 bridgehead atoms. The first-order valence-electron chi connectivity index (χ1n) is 7.22. The number of nitrogens with zero attached hydrogens (tertiary/aromatic N) is 1. The molecule has 0 radical (unpaired) electrons. The topological polar surface area (TPSA) is 33.7 Å². The zero-order valence-corrected chi connectivity index (χ0v) is 12.4. The van der Waals surface area contributed by atoms with E-state index in [2.05, 4.69) is 31.0 Å². The monoisotopic (exact) mass is 258 g/mol. The summed E-state index contributed by atoms with van der Waals surface area (Å²) in [6.45, 7) is 11.5. The Morgan fingerprint density at radius 3 is 2.72 bits per heavy atom. The van der Waals surface area contributed by atoms with E-state index in [1.165, 1.54) is 12.8 Å². The third kappa shape index (κ3) is 5.65. The van der Waals surface area contributed by atoms with Crippen LogP contribution in [0.4, 0.5) is 0 Å². The van der Waals surface area contributed by atoms with E-state index in [9.17, 15) is 0 Å². The molecule has 1 fully saturated rings. The fourth-order valence-corrected chi connectivity index (χ4v) is 2.56. The highest BCUT2D eigenvalue weighted by Crippen LogP contribution is 2.11.